The first-order valence-electron chi connectivity index (χ1n) is 6.76. The average molecular weight is 301 g/mol. The monoisotopic (exact) mass is 301 g/mol. The lowest BCUT2D eigenvalue weighted by atomic mass is 10.2. The number of halogens is 1. The molecule has 0 fully saturated rings. The fraction of sp³-hybridized carbons (Fsp3) is 0.267. The summed E-state index contributed by atoms with van der Waals surface area (Å²) in [5.74, 6) is -0.523. The zero-order valence-electron chi connectivity index (χ0n) is 12.3. The third-order valence-corrected chi connectivity index (χ3v) is 3.00. The maximum atomic E-state index is 13.0. The van der Waals surface area contributed by atoms with Crippen LogP contribution in [0.1, 0.15) is 23.9 Å². The highest BCUT2D eigenvalue weighted by Crippen LogP contribution is 2.15. The summed E-state index contributed by atoms with van der Waals surface area (Å²) in [7, 11) is 0. The number of H-pyrrole nitrogens is 1. The standard InChI is InChI=1S/C15H16FN5O/c1-9(5-13-6-10(2)20-21-13)18-15(22)19-14-4-3-12(16)7-11(14)8-17/h3-4,6-7,9H,5H2,1-2H3,(H,20,21)(H2,18,19,22). The van der Waals surface area contributed by atoms with Gasteiger partial charge in [0, 0.05) is 18.2 Å². The number of hydrogen-bond acceptors (Lipinski definition) is 3. The Kier molecular flexibility index (Phi) is 4.73. The van der Waals surface area contributed by atoms with Crippen LogP contribution in [0.2, 0.25) is 0 Å². The van der Waals surface area contributed by atoms with Crippen LogP contribution in [-0.4, -0.2) is 22.3 Å². The van der Waals surface area contributed by atoms with Crippen LogP contribution in [0.25, 0.3) is 0 Å². The van der Waals surface area contributed by atoms with E-state index in [2.05, 4.69) is 20.8 Å². The number of rotatable bonds is 4. The number of aromatic amines is 1. The highest BCUT2D eigenvalue weighted by Gasteiger charge is 2.12. The summed E-state index contributed by atoms with van der Waals surface area (Å²) in [6.45, 7) is 3.75. The van der Waals surface area contributed by atoms with Crippen molar-refractivity contribution in [3.8, 4) is 6.07 Å². The van der Waals surface area contributed by atoms with Gasteiger partial charge in [-0.25, -0.2) is 9.18 Å². The van der Waals surface area contributed by atoms with Gasteiger partial charge in [0.15, 0.2) is 0 Å². The summed E-state index contributed by atoms with van der Waals surface area (Å²) in [5.41, 5.74) is 2.15. The Morgan fingerprint density at radius 2 is 2.27 bits per heavy atom. The first kappa shape index (κ1) is 15.5. The molecule has 1 aromatic carbocycles. The van der Waals surface area contributed by atoms with Gasteiger partial charge in [0.1, 0.15) is 11.9 Å². The van der Waals surface area contributed by atoms with E-state index in [-0.39, 0.29) is 17.3 Å². The molecule has 0 saturated heterocycles. The molecule has 6 nitrogen and oxygen atoms in total. The van der Waals surface area contributed by atoms with Crippen molar-refractivity contribution in [3.63, 3.8) is 0 Å². The summed E-state index contributed by atoms with van der Waals surface area (Å²) < 4.78 is 13.0. The molecule has 114 valence electrons. The van der Waals surface area contributed by atoms with Crippen LogP contribution >= 0.6 is 0 Å². The Balaban J connectivity index is 1.94. The molecule has 2 rings (SSSR count). The second-order valence-corrected chi connectivity index (χ2v) is 5.05. The van der Waals surface area contributed by atoms with Gasteiger partial charge in [-0.15, -0.1) is 0 Å². The fourth-order valence-corrected chi connectivity index (χ4v) is 2.04. The zero-order chi connectivity index (χ0) is 16.1. The molecule has 0 aliphatic rings. The molecule has 2 amide bonds. The molecule has 0 saturated carbocycles. The molecular formula is C15H16FN5O. The van der Waals surface area contributed by atoms with Crippen LogP contribution in [0.15, 0.2) is 24.3 Å². The van der Waals surface area contributed by atoms with Gasteiger partial charge >= 0.3 is 6.03 Å². The van der Waals surface area contributed by atoms with E-state index in [4.69, 9.17) is 5.26 Å². The molecule has 0 aliphatic heterocycles. The molecule has 1 heterocycles. The van der Waals surface area contributed by atoms with E-state index in [1.807, 2.05) is 26.0 Å². The summed E-state index contributed by atoms with van der Waals surface area (Å²) in [6, 6.07) is 6.77. The molecule has 3 N–H and O–H groups in total. The minimum Gasteiger partial charge on any atom is -0.335 e. The van der Waals surface area contributed by atoms with Crippen molar-refractivity contribution in [2.24, 2.45) is 0 Å². The lowest BCUT2D eigenvalue weighted by Crippen LogP contribution is -2.37. The van der Waals surface area contributed by atoms with Gasteiger partial charge in [-0.3, -0.25) is 5.10 Å². The first-order valence-corrected chi connectivity index (χ1v) is 6.76. The highest BCUT2D eigenvalue weighted by molar-refractivity contribution is 5.90. The number of carbonyl (C=O) groups is 1. The molecule has 22 heavy (non-hydrogen) atoms. The number of carbonyl (C=O) groups excluding carboxylic acids is 1. The van der Waals surface area contributed by atoms with Gasteiger partial charge < -0.3 is 10.6 Å². The third kappa shape index (κ3) is 4.06. The Morgan fingerprint density at radius 1 is 1.50 bits per heavy atom. The highest BCUT2D eigenvalue weighted by atomic mass is 19.1. The Hall–Kier alpha value is -2.88. The summed E-state index contributed by atoms with van der Waals surface area (Å²) in [6.07, 6.45) is 0.576. The van der Waals surface area contributed by atoms with Crippen LogP contribution in [0.5, 0.6) is 0 Å². The normalized spacial score (nSPS) is 11.5. The van der Waals surface area contributed by atoms with Crippen LogP contribution < -0.4 is 10.6 Å². The van der Waals surface area contributed by atoms with E-state index in [1.165, 1.54) is 12.1 Å². The van der Waals surface area contributed by atoms with Crippen LogP contribution in [-0.2, 0) is 6.42 Å². The summed E-state index contributed by atoms with van der Waals surface area (Å²) in [5, 5.41) is 21.2. The molecule has 1 aromatic heterocycles. The molecule has 0 aliphatic carbocycles. The van der Waals surface area contributed by atoms with Gasteiger partial charge in [-0.1, -0.05) is 0 Å². The van der Waals surface area contributed by atoms with Crippen molar-refractivity contribution < 1.29 is 9.18 Å². The van der Waals surface area contributed by atoms with E-state index in [0.29, 0.717) is 6.42 Å². The lowest BCUT2D eigenvalue weighted by molar-refractivity contribution is 0.249. The number of nitrogens with one attached hydrogen (secondary N) is 3. The van der Waals surface area contributed by atoms with Gasteiger partial charge in [0.05, 0.1) is 16.9 Å². The number of nitrogens with zero attached hydrogens (tertiary/aromatic N) is 2. The molecule has 0 spiro atoms. The van der Waals surface area contributed by atoms with E-state index in [9.17, 15) is 9.18 Å². The zero-order valence-corrected chi connectivity index (χ0v) is 12.3. The predicted molar refractivity (Wildman–Crippen MR) is 79.8 cm³/mol. The van der Waals surface area contributed by atoms with E-state index in [0.717, 1.165) is 17.5 Å². The molecule has 1 atom stereocenters. The Morgan fingerprint density at radius 3 is 2.91 bits per heavy atom. The van der Waals surface area contributed by atoms with E-state index in [1.54, 1.807) is 0 Å². The predicted octanol–water partition coefficient (Wildman–Crippen LogP) is 2.48. The van der Waals surface area contributed by atoms with Gasteiger partial charge in [-0.05, 0) is 38.1 Å². The van der Waals surface area contributed by atoms with Crippen molar-refractivity contribution in [1.29, 1.82) is 5.26 Å². The molecular weight excluding hydrogens is 285 g/mol. The number of urea groups is 1. The van der Waals surface area contributed by atoms with Crippen molar-refractivity contribution in [2.75, 3.05) is 5.32 Å². The van der Waals surface area contributed by atoms with Gasteiger partial charge in [0.2, 0.25) is 0 Å². The molecule has 0 radical (unpaired) electrons. The lowest BCUT2D eigenvalue weighted by Gasteiger charge is -2.14. The van der Waals surface area contributed by atoms with Gasteiger partial charge in [-0.2, -0.15) is 10.4 Å². The molecule has 7 heteroatoms. The van der Waals surface area contributed by atoms with Gasteiger partial charge in [0.25, 0.3) is 0 Å². The second-order valence-electron chi connectivity index (χ2n) is 5.05. The summed E-state index contributed by atoms with van der Waals surface area (Å²) in [4.78, 5) is 11.9. The largest absolute Gasteiger partial charge is 0.335 e. The fourth-order valence-electron chi connectivity index (χ4n) is 2.04. The van der Waals surface area contributed by atoms with E-state index < -0.39 is 11.8 Å². The Labute approximate surface area is 127 Å². The quantitative estimate of drug-likeness (QED) is 0.809. The van der Waals surface area contributed by atoms with Crippen molar-refractivity contribution in [2.45, 2.75) is 26.3 Å². The molecule has 1 unspecified atom stereocenters. The smallest absolute Gasteiger partial charge is 0.319 e. The van der Waals surface area contributed by atoms with E-state index >= 15 is 0 Å². The average Bonchev–Trinajstić information content (AvgIpc) is 2.85. The maximum absolute atomic E-state index is 13.0. The topological polar surface area (TPSA) is 93.6 Å². The number of amides is 2. The minimum atomic E-state index is -0.523. The number of nitriles is 1. The van der Waals surface area contributed by atoms with Crippen molar-refractivity contribution in [3.05, 3.63) is 47.0 Å². The van der Waals surface area contributed by atoms with Crippen LogP contribution in [0.3, 0.4) is 0 Å². The number of aromatic nitrogens is 2. The first-order chi connectivity index (χ1) is 10.5. The SMILES string of the molecule is Cc1cc(CC(C)NC(=O)Nc2ccc(F)cc2C#N)n[nH]1. The molecule has 0 bridgehead atoms. The number of hydrogen-bond donors (Lipinski definition) is 3. The number of aryl methyl sites for hydroxylation is 1. The Bertz CT molecular complexity index is 719. The number of anilines is 1. The maximum Gasteiger partial charge on any atom is 0.319 e. The third-order valence-electron chi connectivity index (χ3n) is 3.00. The van der Waals surface area contributed by atoms with Crippen molar-refractivity contribution >= 4 is 11.7 Å². The minimum absolute atomic E-state index is 0.0747. The second kappa shape index (κ2) is 6.72. The van der Waals surface area contributed by atoms with Crippen LogP contribution in [0, 0.1) is 24.1 Å². The van der Waals surface area contributed by atoms with Crippen molar-refractivity contribution in [1.82, 2.24) is 15.5 Å². The molecule has 2 aromatic rings. The number of benzene rings is 1. The van der Waals surface area contributed by atoms with Crippen LogP contribution in [0.4, 0.5) is 14.9 Å². The summed E-state index contributed by atoms with van der Waals surface area (Å²) >= 11 is 0.